The van der Waals surface area contributed by atoms with Gasteiger partial charge in [-0.1, -0.05) is 12.1 Å². The zero-order chi connectivity index (χ0) is 12.7. The fraction of sp³-hybridized carbons (Fsp3) is 0.636. The number of aryl methyl sites for hydroxylation is 2. The predicted molar refractivity (Wildman–Crippen MR) is 68.3 cm³/mol. The summed E-state index contributed by atoms with van der Waals surface area (Å²) < 4.78 is 1.82. The van der Waals surface area contributed by atoms with E-state index >= 15 is 0 Å². The van der Waals surface area contributed by atoms with Gasteiger partial charge in [0.05, 0.1) is 11.4 Å². The number of oxime groups is 1. The fourth-order valence-corrected chi connectivity index (χ4v) is 1.65. The summed E-state index contributed by atoms with van der Waals surface area (Å²) in [6, 6.07) is 0. The number of aromatic nitrogens is 2. The van der Waals surface area contributed by atoms with Crippen molar-refractivity contribution in [2.45, 2.75) is 32.6 Å². The molecule has 6 nitrogen and oxygen atoms in total. The number of unbranched alkanes of at least 4 members (excludes halogenated alkanes) is 1. The first-order valence-corrected chi connectivity index (χ1v) is 5.90. The summed E-state index contributed by atoms with van der Waals surface area (Å²) in [6.45, 7) is 2.96. The van der Waals surface area contributed by atoms with Gasteiger partial charge in [0, 0.05) is 26.2 Å². The SMILES string of the molecule is CCc1nn(C)cc1NCCCC/C(N)=N/O. The van der Waals surface area contributed by atoms with E-state index in [9.17, 15) is 0 Å². The first-order chi connectivity index (χ1) is 8.17. The van der Waals surface area contributed by atoms with Gasteiger partial charge in [-0.05, 0) is 19.3 Å². The molecule has 17 heavy (non-hydrogen) atoms. The molecule has 0 radical (unpaired) electrons. The molecule has 0 fully saturated rings. The average molecular weight is 239 g/mol. The number of anilines is 1. The molecule has 0 aliphatic carbocycles. The van der Waals surface area contributed by atoms with Gasteiger partial charge in [-0.2, -0.15) is 5.10 Å². The van der Waals surface area contributed by atoms with Crippen molar-refractivity contribution in [2.24, 2.45) is 17.9 Å². The number of amidine groups is 1. The zero-order valence-electron chi connectivity index (χ0n) is 10.5. The smallest absolute Gasteiger partial charge is 0.139 e. The van der Waals surface area contributed by atoms with E-state index < -0.39 is 0 Å². The van der Waals surface area contributed by atoms with Crippen molar-refractivity contribution in [3.8, 4) is 0 Å². The molecule has 0 aliphatic rings. The molecule has 0 aliphatic heterocycles. The number of nitrogens with one attached hydrogen (secondary N) is 1. The van der Waals surface area contributed by atoms with Crippen molar-refractivity contribution < 1.29 is 5.21 Å². The molecule has 1 aromatic rings. The lowest BCUT2D eigenvalue weighted by atomic mass is 10.2. The normalized spacial score (nSPS) is 11.8. The van der Waals surface area contributed by atoms with Crippen LogP contribution in [0.15, 0.2) is 11.4 Å². The second-order valence-corrected chi connectivity index (χ2v) is 3.99. The van der Waals surface area contributed by atoms with Crippen LogP contribution in [0.4, 0.5) is 5.69 Å². The van der Waals surface area contributed by atoms with Gasteiger partial charge in [-0.15, -0.1) is 0 Å². The van der Waals surface area contributed by atoms with Crippen LogP contribution in [0.5, 0.6) is 0 Å². The lowest BCUT2D eigenvalue weighted by Gasteiger charge is -2.04. The van der Waals surface area contributed by atoms with E-state index in [1.165, 1.54) is 0 Å². The van der Waals surface area contributed by atoms with Crippen molar-refractivity contribution in [3.63, 3.8) is 0 Å². The van der Waals surface area contributed by atoms with Gasteiger partial charge in [-0.3, -0.25) is 4.68 Å². The maximum absolute atomic E-state index is 8.38. The number of hydrogen-bond acceptors (Lipinski definition) is 4. The van der Waals surface area contributed by atoms with Crippen LogP contribution in [0.3, 0.4) is 0 Å². The van der Waals surface area contributed by atoms with Crippen molar-refractivity contribution in [1.29, 1.82) is 0 Å². The van der Waals surface area contributed by atoms with E-state index in [2.05, 4.69) is 22.5 Å². The maximum atomic E-state index is 8.38. The fourth-order valence-electron chi connectivity index (χ4n) is 1.65. The minimum Gasteiger partial charge on any atom is -0.409 e. The van der Waals surface area contributed by atoms with Crippen molar-refractivity contribution >= 4 is 11.5 Å². The van der Waals surface area contributed by atoms with Crippen molar-refractivity contribution in [1.82, 2.24) is 9.78 Å². The lowest BCUT2D eigenvalue weighted by molar-refractivity contribution is 0.316. The molecule has 6 heteroatoms. The number of rotatable bonds is 7. The molecule has 4 N–H and O–H groups in total. The van der Waals surface area contributed by atoms with Gasteiger partial charge < -0.3 is 16.3 Å². The molecule has 0 saturated heterocycles. The Kier molecular flexibility index (Phi) is 5.32. The molecular formula is C11H21N5O. The van der Waals surface area contributed by atoms with Crippen molar-refractivity contribution in [2.75, 3.05) is 11.9 Å². The summed E-state index contributed by atoms with van der Waals surface area (Å²) in [5, 5.41) is 19.0. The monoisotopic (exact) mass is 239 g/mol. The van der Waals surface area contributed by atoms with Crippen LogP contribution in [-0.2, 0) is 13.5 Å². The Hall–Kier alpha value is -1.72. The Labute approximate surface area is 101 Å². The van der Waals surface area contributed by atoms with Crippen LogP contribution in [0, 0.1) is 0 Å². The summed E-state index contributed by atoms with van der Waals surface area (Å²) in [5.74, 6) is 0.292. The molecular weight excluding hydrogens is 218 g/mol. The molecule has 1 aromatic heterocycles. The van der Waals surface area contributed by atoms with Crippen molar-refractivity contribution in [3.05, 3.63) is 11.9 Å². The standard InChI is InChI=1S/C11H21N5O/c1-3-9-10(8-16(2)14-9)13-7-5-4-6-11(12)15-17/h8,13,17H,3-7H2,1-2H3,(H2,12,15). The van der Waals surface area contributed by atoms with Crippen LogP contribution in [0.25, 0.3) is 0 Å². The highest BCUT2D eigenvalue weighted by Gasteiger charge is 2.04. The third-order valence-electron chi connectivity index (χ3n) is 2.54. The van der Waals surface area contributed by atoms with Gasteiger partial charge in [0.15, 0.2) is 0 Å². The van der Waals surface area contributed by atoms with E-state index in [1.54, 1.807) is 0 Å². The van der Waals surface area contributed by atoms with Crippen LogP contribution >= 0.6 is 0 Å². The molecule has 0 atom stereocenters. The van der Waals surface area contributed by atoms with Crippen LogP contribution in [0.2, 0.25) is 0 Å². The van der Waals surface area contributed by atoms with Crippen LogP contribution in [-0.4, -0.2) is 27.4 Å². The second-order valence-electron chi connectivity index (χ2n) is 3.99. The predicted octanol–water partition coefficient (Wildman–Crippen LogP) is 1.31. The maximum Gasteiger partial charge on any atom is 0.139 e. The molecule has 0 spiro atoms. The lowest BCUT2D eigenvalue weighted by Crippen LogP contribution is -2.12. The quantitative estimate of drug-likeness (QED) is 0.220. The summed E-state index contributed by atoms with van der Waals surface area (Å²) >= 11 is 0. The summed E-state index contributed by atoms with van der Waals surface area (Å²) in [5.41, 5.74) is 7.56. The molecule has 0 bridgehead atoms. The summed E-state index contributed by atoms with van der Waals surface area (Å²) in [6.07, 6.45) is 5.43. The van der Waals surface area contributed by atoms with E-state index in [0.717, 1.165) is 37.2 Å². The highest BCUT2D eigenvalue weighted by Crippen LogP contribution is 2.13. The topological polar surface area (TPSA) is 88.5 Å². The molecule has 0 aromatic carbocycles. The van der Waals surface area contributed by atoms with E-state index in [0.29, 0.717) is 12.3 Å². The summed E-state index contributed by atoms with van der Waals surface area (Å²) in [7, 11) is 1.92. The largest absolute Gasteiger partial charge is 0.409 e. The minimum atomic E-state index is 0.292. The molecule has 0 unspecified atom stereocenters. The highest BCUT2D eigenvalue weighted by atomic mass is 16.4. The first kappa shape index (κ1) is 13.3. The number of nitrogens with two attached hydrogens (primary N) is 1. The highest BCUT2D eigenvalue weighted by molar-refractivity contribution is 5.79. The van der Waals surface area contributed by atoms with E-state index in [4.69, 9.17) is 10.9 Å². The Morgan fingerprint density at radius 1 is 1.59 bits per heavy atom. The Balaban J connectivity index is 2.26. The molecule has 96 valence electrons. The Bertz CT molecular complexity index is 372. The van der Waals surface area contributed by atoms with Gasteiger partial charge in [0.1, 0.15) is 5.84 Å². The average Bonchev–Trinajstić information content (AvgIpc) is 2.69. The van der Waals surface area contributed by atoms with Gasteiger partial charge in [-0.25, -0.2) is 0 Å². The summed E-state index contributed by atoms with van der Waals surface area (Å²) in [4.78, 5) is 0. The van der Waals surface area contributed by atoms with Gasteiger partial charge in [0.25, 0.3) is 0 Å². The van der Waals surface area contributed by atoms with Crippen LogP contribution < -0.4 is 11.1 Å². The van der Waals surface area contributed by atoms with Gasteiger partial charge >= 0.3 is 0 Å². The Morgan fingerprint density at radius 3 is 3.00 bits per heavy atom. The minimum absolute atomic E-state index is 0.292. The molecule has 0 saturated carbocycles. The van der Waals surface area contributed by atoms with Gasteiger partial charge in [0.2, 0.25) is 0 Å². The molecule has 1 heterocycles. The number of hydrogen-bond donors (Lipinski definition) is 3. The molecule has 1 rings (SSSR count). The number of nitrogens with zero attached hydrogens (tertiary/aromatic N) is 3. The molecule has 0 amide bonds. The Morgan fingerprint density at radius 2 is 2.35 bits per heavy atom. The first-order valence-electron chi connectivity index (χ1n) is 5.90. The third-order valence-corrected chi connectivity index (χ3v) is 2.54. The zero-order valence-corrected chi connectivity index (χ0v) is 10.5. The van der Waals surface area contributed by atoms with E-state index in [1.807, 2.05) is 17.9 Å². The van der Waals surface area contributed by atoms with E-state index in [-0.39, 0.29) is 0 Å². The second kappa shape index (κ2) is 6.78. The third kappa shape index (κ3) is 4.34. The van der Waals surface area contributed by atoms with Crippen LogP contribution in [0.1, 0.15) is 31.9 Å².